The number of carbonyl (C=O) groups excluding carboxylic acids is 2. The van der Waals surface area contributed by atoms with Crippen LogP contribution in [0.1, 0.15) is 56.3 Å². The van der Waals surface area contributed by atoms with Gasteiger partial charge in [0.1, 0.15) is 6.04 Å². The zero-order chi connectivity index (χ0) is 19.0. The summed E-state index contributed by atoms with van der Waals surface area (Å²) in [6.07, 6.45) is 4.04. The molecule has 0 aliphatic rings. The van der Waals surface area contributed by atoms with Gasteiger partial charge in [0.05, 0.1) is 10.0 Å². The predicted octanol–water partition coefficient (Wildman–Crippen LogP) is 4.29. The number of hydrogen-bond donors (Lipinski definition) is 2. The molecule has 1 amide bonds. The summed E-state index contributed by atoms with van der Waals surface area (Å²) in [4.78, 5) is 35.2. The second-order valence-electron chi connectivity index (χ2n) is 5.57. The van der Waals surface area contributed by atoms with Gasteiger partial charge in [0.25, 0.3) is 5.91 Å². The van der Waals surface area contributed by atoms with E-state index in [1.807, 2.05) is 0 Å². The lowest BCUT2D eigenvalue weighted by Gasteiger charge is -2.17. The number of nitrogens with one attached hydrogen (secondary N) is 1. The van der Waals surface area contributed by atoms with E-state index in [1.165, 1.54) is 13.0 Å². The molecule has 2 N–H and O–H groups in total. The second kappa shape index (κ2) is 10.6. The fourth-order valence-corrected chi connectivity index (χ4v) is 3.55. The molecule has 0 fully saturated rings. The number of halogens is 2. The Morgan fingerprint density at radius 3 is 2.44 bits per heavy atom. The largest absolute Gasteiger partial charge is 0.480 e. The van der Waals surface area contributed by atoms with Crippen molar-refractivity contribution in [3.05, 3.63) is 26.6 Å². The van der Waals surface area contributed by atoms with Gasteiger partial charge in [-0.05, 0) is 34.5 Å². The maximum absolute atomic E-state index is 12.5. The zero-order valence-corrected chi connectivity index (χ0v) is 17.3. The van der Waals surface area contributed by atoms with Crippen LogP contribution in [0.25, 0.3) is 0 Å². The molecule has 8 heteroatoms. The minimum Gasteiger partial charge on any atom is -0.480 e. The van der Waals surface area contributed by atoms with Crippen LogP contribution >= 0.6 is 31.9 Å². The maximum Gasteiger partial charge on any atom is 0.326 e. The number of carboxylic acid groups (broad SMARTS) is 1. The molecule has 1 atom stereocenters. The SMILES string of the molecule is CCCCCCC(NC(=O)c1cc(Br)cc(Br)c1OC(C)=O)C(=O)O. The van der Waals surface area contributed by atoms with Crippen molar-refractivity contribution in [1.82, 2.24) is 5.32 Å². The first-order valence-electron chi connectivity index (χ1n) is 7.97. The van der Waals surface area contributed by atoms with Gasteiger partial charge in [-0.3, -0.25) is 9.59 Å². The summed E-state index contributed by atoms with van der Waals surface area (Å²) in [7, 11) is 0. The number of amides is 1. The highest BCUT2D eigenvalue weighted by atomic mass is 79.9. The first-order valence-corrected chi connectivity index (χ1v) is 9.56. The Labute approximate surface area is 163 Å². The second-order valence-corrected chi connectivity index (χ2v) is 7.34. The van der Waals surface area contributed by atoms with Crippen LogP contribution < -0.4 is 10.1 Å². The number of aliphatic carboxylic acids is 1. The minimum absolute atomic E-state index is 0.0586. The number of esters is 1. The van der Waals surface area contributed by atoms with Crippen LogP contribution in [0.2, 0.25) is 0 Å². The number of benzene rings is 1. The Morgan fingerprint density at radius 2 is 1.88 bits per heavy atom. The van der Waals surface area contributed by atoms with Crippen molar-refractivity contribution in [2.45, 2.75) is 52.0 Å². The van der Waals surface area contributed by atoms with Gasteiger partial charge in [-0.25, -0.2) is 4.79 Å². The molecule has 25 heavy (non-hydrogen) atoms. The van der Waals surface area contributed by atoms with Crippen molar-refractivity contribution >= 4 is 49.7 Å². The van der Waals surface area contributed by atoms with Crippen LogP contribution in [-0.4, -0.2) is 29.0 Å². The summed E-state index contributed by atoms with van der Waals surface area (Å²) in [6, 6.07) is 2.12. The Balaban J connectivity index is 2.96. The number of carboxylic acids is 1. The summed E-state index contributed by atoms with van der Waals surface area (Å²) in [5.74, 6) is -2.22. The van der Waals surface area contributed by atoms with Crippen molar-refractivity contribution in [3.63, 3.8) is 0 Å². The van der Waals surface area contributed by atoms with Crippen molar-refractivity contribution in [3.8, 4) is 5.75 Å². The molecule has 0 aliphatic carbocycles. The molecule has 0 saturated heterocycles. The zero-order valence-electron chi connectivity index (χ0n) is 14.1. The lowest BCUT2D eigenvalue weighted by molar-refractivity contribution is -0.139. The molecule has 1 rings (SSSR count). The Morgan fingerprint density at radius 1 is 1.20 bits per heavy atom. The molecule has 0 bridgehead atoms. The van der Waals surface area contributed by atoms with E-state index in [1.54, 1.807) is 6.07 Å². The van der Waals surface area contributed by atoms with Gasteiger partial charge in [0.2, 0.25) is 0 Å². The average Bonchev–Trinajstić information content (AvgIpc) is 2.51. The molecule has 1 aromatic rings. The van der Waals surface area contributed by atoms with Crippen molar-refractivity contribution in [2.24, 2.45) is 0 Å². The van der Waals surface area contributed by atoms with E-state index in [9.17, 15) is 19.5 Å². The number of rotatable bonds is 9. The Kier molecular flexibility index (Phi) is 9.13. The highest BCUT2D eigenvalue weighted by Gasteiger charge is 2.24. The highest BCUT2D eigenvalue weighted by Crippen LogP contribution is 2.33. The van der Waals surface area contributed by atoms with Crippen LogP contribution in [0.4, 0.5) is 0 Å². The molecular weight excluding hydrogens is 458 g/mol. The van der Waals surface area contributed by atoms with Gasteiger partial charge in [-0.2, -0.15) is 0 Å². The van der Waals surface area contributed by atoms with Gasteiger partial charge in [-0.1, -0.05) is 48.5 Å². The number of hydrogen-bond acceptors (Lipinski definition) is 4. The Bertz CT molecular complexity index is 648. The van der Waals surface area contributed by atoms with Crippen LogP contribution in [0.5, 0.6) is 5.75 Å². The minimum atomic E-state index is -1.09. The normalized spacial score (nSPS) is 11.7. The molecular formula is C17H21Br2NO5. The summed E-state index contributed by atoms with van der Waals surface area (Å²) in [6.45, 7) is 3.29. The van der Waals surface area contributed by atoms with E-state index in [0.29, 0.717) is 21.8 Å². The summed E-state index contributed by atoms with van der Waals surface area (Å²) < 4.78 is 6.10. The maximum atomic E-state index is 12.5. The first-order chi connectivity index (χ1) is 11.8. The van der Waals surface area contributed by atoms with Crippen LogP contribution in [0.15, 0.2) is 21.1 Å². The fraction of sp³-hybridized carbons (Fsp3) is 0.471. The molecule has 0 aromatic heterocycles. The van der Waals surface area contributed by atoms with Crippen LogP contribution in [0, 0.1) is 0 Å². The monoisotopic (exact) mass is 477 g/mol. The predicted molar refractivity (Wildman–Crippen MR) is 101 cm³/mol. The molecule has 0 radical (unpaired) electrons. The highest BCUT2D eigenvalue weighted by molar-refractivity contribution is 9.11. The number of ether oxygens (including phenoxy) is 1. The van der Waals surface area contributed by atoms with Gasteiger partial charge in [0, 0.05) is 11.4 Å². The fourth-order valence-electron chi connectivity index (χ4n) is 2.25. The van der Waals surface area contributed by atoms with E-state index in [-0.39, 0.29) is 11.3 Å². The summed E-state index contributed by atoms with van der Waals surface area (Å²) in [5, 5.41) is 11.8. The summed E-state index contributed by atoms with van der Waals surface area (Å²) >= 11 is 6.51. The average molecular weight is 479 g/mol. The van der Waals surface area contributed by atoms with E-state index in [0.717, 1.165) is 19.3 Å². The summed E-state index contributed by atoms with van der Waals surface area (Å²) in [5.41, 5.74) is 0.0799. The lowest BCUT2D eigenvalue weighted by Crippen LogP contribution is -2.41. The molecule has 0 saturated carbocycles. The molecule has 6 nitrogen and oxygen atoms in total. The topological polar surface area (TPSA) is 92.7 Å². The smallest absolute Gasteiger partial charge is 0.326 e. The van der Waals surface area contributed by atoms with E-state index in [2.05, 4.69) is 44.1 Å². The van der Waals surface area contributed by atoms with E-state index >= 15 is 0 Å². The molecule has 1 unspecified atom stereocenters. The first kappa shape index (κ1) is 21.6. The van der Waals surface area contributed by atoms with Gasteiger partial charge in [0.15, 0.2) is 5.75 Å². The quantitative estimate of drug-likeness (QED) is 0.313. The van der Waals surface area contributed by atoms with Crippen LogP contribution in [0.3, 0.4) is 0 Å². The molecule has 0 aliphatic heterocycles. The van der Waals surface area contributed by atoms with Crippen LogP contribution in [-0.2, 0) is 9.59 Å². The number of unbranched alkanes of at least 4 members (excludes halogenated alkanes) is 3. The van der Waals surface area contributed by atoms with Crippen molar-refractivity contribution in [2.75, 3.05) is 0 Å². The van der Waals surface area contributed by atoms with Crippen molar-refractivity contribution < 1.29 is 24.2 Å². The Hall–Kier alpha value is -1.41. The third-order valence-corrected chi connectivity index (χ3v) is 4.50. The third kappa shape index (κ3) is 7.15. The van der Waals surface area contributed by atoms with Gasteiger partial charge < -0.3 is 15.2 Å². The van der Waals surface area contributed by atoms with E-state index in [4.69, 9.17) is 4.74 Å². The van der Waals surface area contributed by atoms with Gasteiger partial charge in [-0.15, -0.1) is 0 Å². The number of carbonyl (C=O) groups is 3. The standard InChI is InChI=1S/C17H21Br2NO5/c1-3-4-5-6-7-14(17(23)24)20-16(22)12-8-11(18)9-13(19)15(12)25-10(2)21/h8-9,14H,3-7H2,1-2H3,(H,20,22)(H,23,24). The molecule has 138 valence electrons. The van der Waals surface area contributed by atoms with Gasteiger partial charge >= 0.3 is 11.9 Å². The molecule has 1 aromatic carbocycles. The van der Waals surface area contributed by atoms with Crippen molar-refractivity contribution in [1.29, 1.82) is 0 Å². The lowest BCUT2D eigenvalue weighted by atomic mass is 10.1. The molecule has 0 heterocycles. The molecule has 0 spiro atoms. The third-order valence-electron chi connectivity index (χ3n) is 3.45. The van der Waals surface area contributed by atoms with E-state index < -0.39 is 23.9 Å².